The topological polar surface area (TPSA) is 83.7 Å². The molecular weight excluding hydrogens is 370 g/mol. The molecular formula is C19H22ClN3O4. The summed E-state index contributed by atoms with van der Waals surface area (Å²) in [5, 5.41) is 3.47. The van der Waals surface area contributed by atoms with Gasteiger partial charge in [-0.3, -0.25) is 4.79 Å². The molecule has 3 rings (SSSR count). The monoisotopic (exact) mass is 391 g/mol. The summed E-state index contributed by atoms with van der Waals surface area (Å²) in [5.41, 5.74) is 3.21. The Labute approximate surface area is 162 Å². The van der Waals surface area contributed by atoms with Crippen molar-refractivity contribution in [2.24, 2.45) is 0 Å². The lowest BCUT2D eigenvalue weighted by Gasteiger charge is -2.31. The Hall–Kier alpha value is -2.51. The van der Waals surface area contributed by atoms with Gasteiger partial charge in [0.2, 0.25) is 0 Å². The molecule has 1 aromatic carbocycles. The van der Waals surface area contributed by atoms with Gasteiger partial charge in [-0.15, -0.1) is 0 Å². The maximum absolute atomic E-state index is 12.9. The summed E-state index contributed by atoms with van der Waals surface area (Å²) in [5.74, 6) is -0.820. The average Bonchev–Trinajstić information content (AvgIpc) is 2.96. The molecule has 2 heterocycles. The van der Waals surface area contributed by atoms with Crippen LogP contribution in [-0.2, 0) is 9.47 Å². The molecule has 0 unspecified atom stereocenters. The molecule has 8 heteroatoms. The molecule has 0 aliphatic carbocycles. The first kappa shape index (κ1) is 19.3. The van der Waals surface area contributed by atoms with Gasteiger partial charge in [-0.2, -0.15) is 0 Å². The number of hydrogen-bond donors (Lipinski definition) is 2. The number of morpholine rings is 1. The third-order valence-corrected chi connectivity index (χ3v) is 4.92. The fourth-order valence-corrected chi connectivity index (χ4v) is 3.59. The van der Waals surface area contributed by atoms with E-state index in [0.29, 0.717) is 59.5 Å². The smallest absolute Gasteiger partial charge is 0.339 e. The summed E-state index contributed by atoms with van der Waals surface area (Å²) in [6.45, 7) is 6.05. The van der Waals surface area contributed by atoms with Gasteiger partial charge in [-0.1, -0.05) is 17.7 Å². The Bertz CT molecular complexity index is 872. The number of nitrogens with zero attached hydrogens (tertiary/aromatic N) is 1. The van der Waals surface area contributed by atoms with Crippen LogP contribution >= 0.6 is 11.6 Å². The van der Waals surface area contributed by atoms with Crippen LogP contribution in [0.3, 0.4) is 0 Å². The van der Waals surface area contributed by atoms with E-state index in [0.717, 1.165) is 5.69 Å². The van der Waals surface area contributed by atoms with E-state index in [1.807, 2.05) is 0 Å². The molecule has 1 amide bonds. The maximum Gasteiger partial charge on any atom is 0.339 e. The number of ether oxygens (including phenoxy) is 2. The zero-order valence-electron chi connectivity index (χ0n) is 15.5. The SMILES string of the molecule is COC(=O)c1c(C)[nH]c(C(=O)Nc2cccc(Cl)c2N2CCOCC2)c1C. The number of H-pyrrole nitrogens is 1. The van der Waals surface area contributed by atoms with Crippen LogP contribution in [0.25, 0.3) is 0 Å². The van der Waals surface area contributed by atoms with Crippen LogP contribution in [0, 0.1) is 13.8 Å². The number of carbonyl (C=O) groups excluding carboxylic acids is 2. The van der Waals surface area contributed by atoms with Crippen LogP contribution in [0.15, 0.2) is 18.2 Å². The van der Waals surface area contributed by atoms with Gasteiger partial charge in [0.25, 0.3) is 5.91 Å². The summed E-state index contributed by atoms with van der Waals surface area (Å²) < 4.78 is 10.2. The van der Waals surface area contributed by atoms with Crippen molar-refractivity contribution in [3.05, 3.63) is 45.7 Å². The summed E-state index contributed by atoms with van der Waals surface area (Å²) >= 11 is 6.41. The lowest BCUT2D eigenvalue weighted by molar-refractivity contribution is 0.0599. The maximum atomic E-state index is 12.9. The largest absolute Gasteiger partial charge is 0.465 e. The number of amides is 1. The number of carbonyl (C=O) groups is 2. The van der Waals surface area contributed by atoms with Gasteiger partial charge in [-0.05, 0) is 31.5 Å². The second-order valence-electron chi connectivity index (χ2n) is 6.31. The molecule has 1 aromatic heterocycles. The van der Waals surface area contributed by atoms with Crippen molar-refractivity contribution >= 4 is 34.9 Å². The van der Waals surface area contributed by atoms with Crippen LogP contribution in [0.5, 0.6) is 0 Å². The Morgan fingerprint density at radius 2 is 1.96 bits per heavy atom. The first-order valence-electron chi connectivity index (χ1n) is 8.64. The zero-order valence-corrected chi connectivity index (χ0v) is 16.3. The number of benzene rings is 1. The average molecular weight is 392 g/mol. The number of aryl methyl sites for hydroxylation is 1. The Balaban J connectivity index is 1.91. The minimum atomic E-state index is -0.475. The van der Waals surface area contributed by atoms with E-state index in [9.17, 15) is 9.59 Å². The van der Waals surface area contributed by atoms with Crippen molar-refractivity contribution in [3.8, 4) is 0 Å². The highest BCUT2D eigenvalue weighted by Gasteiger charge is 2.24. The lowest BCUT2D eigenvalue weighted by Crippen LogP contribution is -2.37. The number of methoxy groups -OCH3 is 1. The number of aromatic nitrogens is 1. The Morgan fingerprint density at radius 1 is 1.26 bits per heavy atom. The molecule has 144 valence electrons. The molecule has 2 N–H and O–H groups in total. The fourth-order valence-electron chi connectivity index (χ4n) is 3.29. The van der Waals surface area contributed by atoms with Gasteiger partial charge < -0.3 is 24.7 Å². The third kappa shape index (κ3) is 3.79. The van der Waals surface area contributed by atoms with E-state index >= 15 is 0 Å². The summed E-state index contributed by atoms with van der Waals surface area (Å²) in [6, 6.07) is 5.39. The fraction of sp³-hybridized carbons (Fsp3) is 0.368. The van der Waals surface area contributed by atoms with Gasteiger partial charge in [0.05, 0.1) is 42.3 Å². The molecule has 2 aromatic rings. The molecule has 1 aliphatic heterocycles. The predicted molar refractivity (Wildman–Crippen MR) is 104 cm³/mol. The quantitative estimate of drug-likeness (QED) is 0.782. The van der Waals surface area contributed by atoms with Crippen molar-refractivity contribution in [1.29, 1.82) is 0 Å². The van der Waals surface area contributed by atoms with E-state index in [2.05, 4.69) is 15.2 Å². The number of para-hydroxylation sites is 1. The van der Waals surface area contributed by atoms with Crippen LogP contribution < -0.4 is 10.2 Å². The van der Waals surface area contributed by atoms with E-state index in [1.165, 1.54) is 7.11 Å². The third-order valence-electron chi connectivity index (χ3n) is 4.62. The highest BCUT2D eigenvalue weighted by Crippen LogP contribution is 2.35. The van der Waals surface area contributed by atoms with Crippen molar-refractivity contribution < 1.29 is 19.1 Å². The highest BCUT2D eigenvalue weighted by atomic mass is 35.5. The number of esters is 1. The lowest BCUT2D eigenvalue weighted by atomic mass is 10.1. The molecule has 1 aliphatic rings. The first-order chi connectivity index (χ1) is 12.9. The number of nitrogens with one attached hydrogen (secondary N) is 2. The molecule has 27 heavy (non-hydrogen) atoms. The Morgan fingerprint density at radius 3 is 2.63 bits per heavy atom. The molecule has 0 saturated carbocycles. The minimum absolute atomic E-state index is 0.320. The van der Waals surface area contributed by atoms with E-state index in [4.69, 9.17) is 21.1 Å². The van der Waals surface area contributed by atoms with Crippen LogP contribution in [0.1, 0.15) is 32.1 Å². The summed E-state index contributed by atoms with van der Waals surface area (Å²) in [7, 11) is 1.31. The number of halogens is 1. The number of anilines is 2. The standard InChI is InChI=1S/C19H22ClN3O4/c1-11-15(19(25)26-3)12(2)21-16(11)18(24)22-14-6-4-5-13(20)17(14)23-7-9-27-10-8-23/h4-6,21H,7-10H2,1-3H3,(H,22,24). The van der Waals surface area contributed by atoms with Crippen molar-refractivity contribution in [2.45, 2.75) is 13.8 Å². The van der Waals surface area contributed by atoms with Gasteiger partial charge in [0.15, 0.2) is 0 Å². The highest BCUT2D eigenvalue weighted by molar-refractivity contribution is 6.34. The second-order valence-corrected chi connectivity index (χ2v) is 6.71. The predicted octanol–water partition coefficient (Wildman–Crippen LogP) is 3.16. The van der Waals surface area contributed by atoms with Crippen molar-refractivity contribution in [1.82, 2.24) is 4.98 Å². The summed E-state index contributed by atoms with van der Waals surface area (Å²) in [6.07, 6.45) is 0. The molecule has 0 atom stereocenters. The Kier molecular flexibility index (Phi) is 5.72. The molecule has 1 saturated heterocycles. The van der Waals surface area contributed by atoms with E-state index < -0.39 is 5.97 Å². The van der Waals surface area contributed by atoms with E-state index in [1.54, 1.807) is 32.0 Å². The molecule has 1 fully saturated rings. The normalized spacial score (nSPS) is 14.1. The number of rotatable bonds is 4. The summed E-state index contributed by atoms with van der Waals surface area (Å²) in [4.78, 5) is 29.9. The molecule has 7 nitrogen and oxygen atoms in total. The second kappa shape index (κ2) is 8.02. The van der Waals surface area contributed by atoms with Crippen molar-refractivity contribution in [2.75, 3.05) is 43.6 Å². The van der Waals surface area contributed by atoms with Crippen LogP contribution in [-0.4, -0.2) is 50.3 Å². The number of aromatic amines is 1. The first-order valence-corrected chi connectivity index (χ1v) is 9.01. The zero-order chi connectivity index (χ0) is 19.6. The number of hydrogen-bond acceptors (Lipinski definition) is 5. The molecule has 0 bridgehead atoms. The van der Waals surface area contributed by atoms with E-state index in [-0.39, 0.29) is 5.91 Å². The van der Waals surface area contributed by atoms with Crippen LogP contribution in [0.2, 0.25) is 5.02 Å². The van der Waals surface area contributed by atoms with Gasteiger partial charge in [-0.25, -0.2) is 4.79 Å². The molecule has 0 radical (unpaired) electrons. The van der Waals surface area contributed by atoms with Crippen molar-refractivity contribution in [3.63, 3.8) is 0 Å². The van der Waals surface area contributed by atoms with Gasteiger partial charge in [0.1, 0.15) is 5.69 Å². The van der Waals surface area contributed by atoms with Gasteiger partial charge in [0, 0.05) is 18.8 Å². The van der Waals surface area contributed by atoms with Gasteiger partial charge >= 0.3 is 5.97 Å². The molecule has 0 spiro atoms. The minimum Gasteiger partial charge on any atom is -0.465 e. The van der Waals surface area contributed by atoms with Crippen LogP contribution in [0.4, 0.5) is 11.4 Å².